The lowest BCUT2D eigenvalue weighted by molar-refractivity contribution is -0.137. The van der Waals surface area contributed by atoms with Crippen LogP contribution in [0.15, 0.2) is 53.0 Å². The number of hydrogen-bond donors (Lipinski definition) is 2. The van der Waals surface area contributed by atoms with Crippen LogP contribution in [0.3, 0.4) is 0 Å². The Morgan fingerprint density at radius 2 is 1.57 bits per heavy atom. The Bertz CT molecular complexity index is 747. The summed E-state index contributed by atoms with van der Waals surface area (Å²) in [4.78, 5) is 23.5. The van der Waals surface area contributed by atoms with Crippen molar-refractivity contribution in [3.8, 4) is 0 Å². The van der Waals surface area contributed by atoms with Gasteiger partial charge in [-0.15, -0.1) is 0 Å². The SMILES string of the molecule is O=C(Nc1cccc(Br)c1)C(=O)Nc1ccccc1C(F)(F)F. The molecule has 2 aromatic carbocycles. The van der Waals surface area contributed by atoms with Gasteiger partial charge in [-0.05, 0) is 30.3 Å². The number of benzene rings is 2. The smallest absolute Gasteiger partial charge is 0.318 e. The second kappa shape index (κ2) is 6.82. The summed E-state index contributed by atoms with van der Waals surface area (Å²) in [6.45, 7) is 0. The predicted molar refractivity (Wildman–Crippen MR) is 82.8 cm³/mol. The molecular weight excluding hydrogens is 377 g/mol. The van der Waals surface area contributed by atoms with Gasteiger partial charge in [0.05, 0.1) is 11.3 Å². The van der Waals surface area contributed by atoms with E-state index in [1.165, 1.54) is 12.1 Å². The van der Waals surface area contributed by atoms with E-state index in [0.29, 0.717) is 10.2 Å². The van der Waals surface area contributed by atoms with Gasteiger partial charge in [-0.3, -0.25) is 9.59 Å². The van der Waals surface area contributed by atoms with Crippen LogP contribution in [0, 0.1) is 0 Å². The summed E-state index contributed by atoms with van der Waals surface area (Å²) in [6.07, 6.45) is -4.63. The zero-order valence-corrected chi connectivity index (χ0v) is 13.0. The zero-order valence-electron chi connectivity index (χ0n) is 11.4. The number of alkyl halides is 3. The minimum Gasteiger partial charge on any atom is -0.318 e. The average Bonchev–Trinajstić information content (AvgIpc) is 2.46. The minimum absolute atomic E-state index is 0.337. The highest BCUT2D eigenvalue weighted by atomic mass is 79.9. The summed E-state index contributed by atoms with van der Waals surface area (Å²) in [5.74, 6) is -2.26. The zero-order chi connectivity index (χ0) is 17.0. The van der Waals surface area contributed by atoms with Crippen LogP contribution in [0.2, 0.25) is 0 Å². The first-order valence-corrected chi connectivity index (χ1v) is 7.11. The van der Waals surface area contributed by atoms with Crippen molar-refractivity contribution in [2.45, 2.75) is 6.18 Å². The van der Waals surface area contributed by atoms with Gasteiger partial charge < -0.3 is 10.6 Å². The summed E-state index contributed by atoms with van der Waals surface area (Å²) in [5, 5.41) is 4.27. The van der Waals surface area contributed by atoms with E-state index in [2.05, 4.69) is 21.2 Å². The Balaban J connectivity index is 2.12. The second-order valence-corrected chi connectivity index (χ2v) is 5.38. The maximum atomic E-state index is 12.8. The molecular formula is C15H10BrF3N2O2. The predicted octanol–water partition coefficient (Wildman–Crippen LogP) is 4.05. The molecule has 0 unspecified atom stereocenters. The van der Waals surface area contributed by atoms with Crippen molar-refractivity contribution in [1.29, 1.82) is 0 Å². The largest absolute Gasteiger partial charge is 0.418 e. The van der Waals surface area contributed by atoms with E-state index in [4.69, 9.17) is 0 Å². The number of anilines is 2. The molecule has 0 aliphatic carbocycles. The van der Waals surface area contributed by atoms with Crippen LogP contribution < -0.4 is 10.6 Å². The summed E-state index contributed by atoms with van der Waals surface area (Å²) in [7, 11) is 0. The Labute approximate surface area is 137 Å². The number of para-hydroxylation sites is 1. The van der Waals surface area contributed by atoms with Gasteiger partial charge in [-0.2, -0.15) is 13.2 Å². The van der Waals surface area contributed by atoms with Crippen LogP contribution in [-0.2, 0) is 15.8 Å². The summed E-state index contributed by atoms with van der Waals surface area (Å²) < 4.78 is 39.2. The molecule has 2 N–H and O–H groups in total. The number of halogens is 4. The fourth-order valence-electron chi connectivity index (χ4n) is 1.77. The molecule has 2 rings (SSSR count). The van der Waals surface area contributed by atoms with Gasteiger partial charge in [0, 0.05) is 10.2 Å². The monoisotopic (exact) mass is 386 g/mol. The van der Waals surface area contributed by atoms with E-state index < -0.39 is 29.2 Å². The van der Waals surface area contributed by atoms with Crippen molar-refractivity contribution >= 4 is 39.1 Å². The third-order valence-corrected chi connectivity index (χ3v) is 3.26. The Morgan fingerprint density at radius 1 is 0.913 bits per heavy atom. The van der Waals surface area contributed by atoms with Gasteiger partial charge in [-0.1, -0.05) is 34.1 Å². The minimum atomic E-state index is -4.63. The van der Waals surface area contributed by atoms with Crippen molar-refractivity contribution in [3.05, 3.63) is 58.6 Å². The Kier molecular flexibility index (Phi) is 5.05. The number of hydrogen-bond acceptors (Lipinski definition) is 2. The highest BCUT2D eigenvalue weighted by Gasteiger charge is 2.34. The third kappa shape index (κ3) is 4.56. The Morgan fingerprint density at radius 3 is 2.22 bits per heavy atom. The molecule has 0 fully saturated rings. The van der Waals surface area contributed by atoms with Crippen LogP contribution in [-0.4, -0.2) is 11.8 Å². The number of carbonyl (C=O) groups excluding carboxylic acids is 2. The molecule has 120 valence electrons. The van der Waals surface area contributed by atoms with Gasteiger partial charge >= 0.3 is 18.0 Å². The summed E-state index contributed by atoms with van der Waals surface area (Å²) >= 11 is 3.20. The normalized spacial score (nSPS) is 11.0. The van der Waals surface area contributed by atoms with E-state index >= 15 is 0 Å². The van der Waals surface area contributed by atoms with Crippen molar-refractivity contribution in [1.82, 2.24) is 0 Å². The van der Waals surface area contributed by atoms with E-state index in [1.54, 1.807) is 24.3 Å². The van der Waals surface area contributed by atoms with Gasteiger partial charge in [0.1, 0.15) is 0 Å². The highest BCUT2D eigenvalue weighted by Crippen LogP contribution is 2.34. The van der Waals surface area contributed by atoms with Crippen molar-refractivity contribution < 1.29 is 22.8 Å². The number of rotatable bonds is 2. The molecule has 0 spiro atoms. The van der Waals surface area contributed by atoms with E-state index in [0.717, 1.165) is 12.1 Å². The number of nitrogens with one attached hydrogen (secondary N) is 2. The molecule has 0 saturated carbocycles. The van der Waals surface area contributed by atoms with E-state index in [9.17, 15) is 22.8 Å². The molecule has 2 aromatic rings. The third-order valence-electron chi connectivity index (χ3n) is 2.77. The standard InChI is InChI=1S/C15H10BrF3N2O2/c16-9-4-3-5-10(8-9)20-13(22)14(23)21-12-7-2-1-6-11(12)15(17,18)19/h1-8H,(H,20,22)(H,21,23). The molecule has 0 bridgehead atoms. The van der Waals surface area contributed by atoms with E-state index in [1.807, 2.05) is 5.32 Å². The van der Waals surface area contributed by atoms with Gasteiger partial charge in [-0.25, -0.2) is 0 Å². The molecule has 0 aliphatic rings. The van der Waals surface area contributed by atoms with Crippen LogP contribution >= 0.6 is 15.9 Å². The molecule has 4 nitrogen and oxygen atoms in total. The number of carbonyl (C=O) groups is 2. The first-order chi connectivity index (χ1) is 10.8. The molecule has 0 aliphatic heterocycles. The molecule has 0 saturated heterocycles. The van der Waals surface area contributed by atoms with Crippen molar-refractivity contribution in [2.24, 2.45) is 0 Å². The topological polar surface area (TPSA) is 58.2 Å². The molecule has 8 heteroatoms. The lowest BCUT2D eigenvalue weighted by Crippen LogP contribution is -2.30. The quantitative estimate of drug-likeness (QED) is 0.765. The van der Waals surface area contributed by atoms with Crippen LogP contribution in [0.25, 0.3) is 0 Å². The lowest BCUT2D eigenvalue weighted by atomic mass is 10.1. The van der Waals surface area contributed by atoms with Crippen LogP contribution in [0.1, 0.15) is 5.56 Å². The van der Waals surface area contributed by atoms with Gasteiger partial charge in [0.2, 0.25) is 0 Å². The molecule has 0 radical (unpaired) electrons. The molecule has 0 aromatic heterocycles. The maximum absolute atomic E-state index is 12.8. The molecule has 2 amide bonds. The van der Waals surface area contributed by atoms with Crippen molar-refractivity contribution in [2.75, 3.05) is 10.6 Å². The van der Waals surface area contributed by atoms with Gasteiger partial charge in [0.25, 0.3) is 0 Å². The lowest BCUT2D eigenvalue weighted by Gasteiger charge is -2.13. The van der Waals surface area contributed by atoms with Crippen LogP contribution in [0.4, 0.5) is 24.5 Å². The summed E-state index contributed by atoms with van der Waals surface area (Å²) in [6, 6.07) is 10.9. The molecule has 23 heavy (non-hydrogen) atoms. The van der Waals surface area contributed by atoms with E-state index in [-0.39, 0.29) is 0 Å². The summed E-state index contributed by atoms with van der Waals surface area (Å²) in [5.41, 5.74) is -1.17. The second-order valence-electron chi connectivity index (χ2n) is 4.46. The van der Waals surface area contributed by atoms with Crippen LogP contribution in [0.5, 0.6) is 0 Å². The Hall–Kier alpha value is -2.35. The maximum Gasteiger partial charge on any atom is 0.418 e. The van der Waals surface area contributed by atoms with Crippen molar-refractivity contribution in [3.63, 3.8) is 0 Å². The highest BCUT2D eigenvalue weighted by molar-refractivity contribution is 9.10. The average molecular weight is 387 g/mol. The molecule has 0 heterocycles. The number of amides is 2. The van der Waals surface area contributed by atoms with Gasteiger partial charge in [0.15, 0.2) is 0 Å². The molecule has 0 atom stereocenters. The first-order valence-electron chi connectivity index (χ1n) is 6.31. The fraction of sp³-hybridized carbons (Fsp3) is 0.0667. The fourth-order valence-corrected chi connectivity index (χ4v) is 2.17. The first kappa shape index (κ1) is 17.0.